The molecule has 0 N–H and O–H groups in total. The van der Waals surface area contributed by atoms with Crippen molar-refractivity contribution in [3.63, 3.8) is 0 Å². The molecule has 19 heavy (non-hydrogen) atoms. The largest absolute Gasteiger partial charge is 0.376 e. The van der Waals surface area contributed by atoms with Crippen molar-refractivity contribution < 1.29 is 4.74 Å². The number of nitrogens with zero attached hydrogens (tertiary/aromatic N) is 4. The summed E-state index contributed by atoms with van der Waals surface area (Å²) >= 11 is 6.06. The molecule has 3 heterocycles. The summed E-state index contributed by atoms with van der Waals surface area (Å²) in [6.07, 6.45) is 2.47. The van der Waals surface area contributed by atoms with Gasteiger partial charge < -0.3 is 9.30 Å². The Labute approximate surface area is 117 Å². The third-order valence-corrected chi connectivity index (χ3v) is 4.18. The summed E-state index contributed by atoms with van der Waals surface area (Å²) in [5.41, 5.74) is 2.93. The van der Waals surface area contributed by atoms with E-state index in [9.17, 15) is 0 Å². The number of aromatic nitrogens is 4. The van der Waals surface area contributed by atoms with Crippen molar-refractivity contribution in [2.75, 3.05) is 6.61 Å². The Morgan fingerprint density at radius 3 is 2.95 bits per heavy atom. The zero-order valence-electron chi connectivity index (χ0n) is 11.6. The highest BCUT2D eigenvalue weighted by molar-refractivity contribution is 6.16. The van der Waals surface area contributed by atoms with Crippen LogP contribution in [0.15, 0.2) is 0 Å². The van der Waals surface area contributed by atoms with Gasteiger partial charge in [0.15, 0.2) is 5.65 Å². The normalized spacial score (nSPS) is 21.4. The van der Waals surface area contributed by atoms with Gasteiger partial charge in [-0.1, -0.05) is 0 Å². The minimum Gasteiger partial charge on any atom is -0.376 e. The molecule has 2 aromatic heterocycles. The van der Waals surface area contributed by atoms with E-state index in [1.54, 1.807) is 0 Å². The van der Waals surface area contributed by atoms with E-state index in [4.69, 9.17) is 16.3 Å². The fraction of sp³-hybridized carbons (Fsp3) is 0.692. The maximum absolute atomic E-state index is 6.06. The highest BCUT2D eigenvalue weighted by atomic mass is 35.5. The minimum absolute atomic E-state index is 0.232. The van der Waals surface area contributed by atoms with E-state index in [0.717, 1.165) is 42.1 Å². The van der Waals surface area contributed by atoms with Gasteiger partial charge in [0, 0.05) is 13.7 Å². The standard InChI is InChI=1S/C13H19ClN4O/c1-8-12-13(17(3)16-8)18(11(7-14)15-12)9(2)10-5-4-6-19-10/h9-10H,4-7H2,1-3H3. The Hall–Kier alpha value is -1.07. The molecule has 6 heteroatoms. The summed E-state index contributed by atoms with van der Waals surface area (Å²) < 4.78 is 9.89. The molecule has 0 spiro atoms. The highest BCUT2D eigenvalue weighted by Crippen LogP contribution is 2.30. The summed E-state index contributed by atoms with van der Waals surface area (Å²) in [4.78, 5) is 4.64. The summed E-state index contributed by atoms with van der Waals surface area (Å²) in [7, 11) is 1.95. The van der Waals surface area contributed by atoms with Crippen LogP contribution in [0.25, 0.3) is 11.2 Å². The van der Waals surface area contributed by atoms with Crippen LogP contribution in [0.3, 0.4) is 0 Å². The van der Waals surface area contributed by atoms with Gasteiger partial charge in [-0.15, -0.1) is 11.6 Å². The molecule has 0 radical (unpaired) electrons. The van der Waals surface area contributed by atoms with Gasteiger partial charge in [0.2, 0.25) is 0 Å². The van der Waals surface area contributed by atoms with E-state index in [0.29, 0.717) is 5.88 Å². The van der Waals surface area contributed by atoms with Crippen LogP contribution >= 0.6 is 11.6 Å². The lowest BCUT2D eigenvalue weighted by Gasteiger charge is -2.22. The molecule has 2 unspecified atom stereocenters. The number of aryl methyl sites for hydroxylation is 2. The zero-order chi connectivity index (χ0) is 13.6. The fourth-order valence-corrected chi connectivity index (χ4v) is 3.20. The fourth-order valence-electron chi connectivity index (χ4n) is 3.01. The summed E-state index contributed by atoms with van der Waals surface area (Å²) in [5.74, 6) is 1.31. The molecule has 1 aliphatic rings. The van der Waals surface area contributed by atoms with Crippen molar-refractivity contribution in [2.24, 2.45) is 7.05 Å². The highest BCUT2D eigenvalue weighted by Gasteiger charge is 2.28. The Morgan fingerprint density at radius 1 is 1.53 bits per heavy atom. The van der Waals surface area contributed by atoms with E-state index in [1.165, 1.54) is 0 Å². The Kier molecular flexibility index (Phi) is 3.27. The van der Waals surface area contributed by atoms with Crippen LogP contribution in [0, 0.1) is 6.92 Å². The van der Waals surface area contributed by atoms with E-state index < -0.39 is 0 Å². The van der Waals surface area contributed by atoms with E-state index in [1.807, 2.05) is 18.7 Å². The number of imidazole rings is 1. The second-order valence-electron chi connectivity index (χ2n) is 5.20. The van der Waals surface area contributed by atoms with Crippen molar-refractivity contribution >= 4 is 22.8 Å². The van der Waals surface area contributed by atoms with Gasteiger partial charge in [-0.05, 0) is 26.7 Å². The first kappa shape index (κ1) is 12.9. The number of hydrogen-bond donors (Lipinski definition) is 0. The molecule has 3 rings (SSSR count). The molecule has 1 saturated heterocycles. The van der Waals surface area contributed by atoms with Gasteiger partial charge in [-0.25, -0.2) is 4.98 Å². The lowest BCUT2D eigenvalue weighted by molar-refractivity contribution is 0.0734. The van der Waals surface area contributed by atoms with E-state index in [2.05, 4.69) is 21.6 Å². The second-order valence-corrected chi connectivity index (χ2v) is 5.47. The molecule has 1 aliphatic heterocycles. The van der Waals surface area contributed by atoms with Gasteiger partial charge in [0.05, 0.1) is 23.7 Å². The van der Waals surface area contributed by atoms with Crippen LogP contribution in [-0.4, -0.2) is 32.0 Å². The Balaban J connectivity index is 2.14. The number of fused-ring (bicyclic) bond motifs is 1. The van der Waals surface area contributed by atoms with Gasteiger partial charge in [0.25, 0.3) is 0 Å². The van der Waals surface area contributed by atoms with Crippen LogP contribution in [-0.2, 0) is 17.7 Å². The van der Waals surface area contributed by atoms with Crippen molar-refractivity contribution in [3.05, 3.63) is 11.5 Å². The summed E-state index contributed by atoms with van der Waals surface area (Å²) in [6, 6.07) is 0.232. The molecule has 2 atom stereocenters. The first-order valence-corrected chi connectivity index (χ1v) is 7.25. The van der Waals surface area contributed by atoms with Crippen molar-refractivity contribution in [2.45, 2.75) is 44.7 Å². The van der Waals surface area contributed by atoms with Crippen LogP contribution in [0.5, 0.6) is 0 Å². The number of rotatable bonds is 3. The molecule has 2 aromatic rings. The van der Waals surface area contributed by atoms with Gasteiger partial charge in [0.1, 0.15) is 11.3 Å². The maximum Gasteiger partial charge on any atom is 0.159 e. The molecule has 104 valence electrons. The second kappa shape index (κ2) is 4.80. The van der Waals surface area contributed by atoms with Crippen LogP contribution in [0.2, 0.25) is 0 Å². The zero-order valence-corrected chi connectivity index (χ0v) is 12.3. The maximum atomic E-state index is 6.06. The molecule has 0 aliphatic carbocycles. The van der Waals surface area contributed by atoms with Gasteiger partial charge in [-0.2, -0.15) is 5.10 Å². The Morgan fingerprint density at radius 2 is 2.32 bits per heavy atom. The Bertz CT molecular complexity index is 597. The van der Waals surface area contributed by atoms with Crippen LogP contribution in [0.4, 0.5) is 0 Å². The minimum atomic E-state index is 0.232. The lowest BCUT2D eigenvalue weighted by atomic mass is 10.1. The molecule has 0 saturated carbocycles. The third kappa shape index (κ3) is 1.96. The van der Waals surface area contributed by atoms with Crippen molar-refractivity contribution in [1.82, 2.24) is 19.3 Å². The first-order chi connectivity index (χ1) is 9.13. The topological polar surface area (TPSA) is 44.9 Å². The molecular formula is C13H19ClN4O. The van der Waals surface area contributed by atoms with E-state index >= 15 is 0 Å². The van der Waals surface area contributed by atoms with Crippen molar-refractivity contribution in [1.29, 1.82) is 0 Å². The molecule has 0 amide bonds. The molecular weight excluding hydrogens is 264 g/mol. The predicted molar refractivity (Wildman–Crippen MR) is 74.5 cm³/mol. The first-order valence-electron chi connectivity index (χ1n) is 6.71. The van der Waals surface area contributed by atoms with Crippen LogP contribution < -0.4 is 0 Å². The van der Waals surface area contributed by atoms with Gasteiger partial charge >= 0.3 is 0 Å². The number of alkyl halides is 1. The average molecular weight is 283 g/mol. The number of halogens is 1. The van der Waals surface area contributed by atoms with Gasteiger partial charge in [-0.3, -0.25) is 4.68 Å². The SMILES string of the molecule is Cc1nn(C)c2c1nc(CCl)n2C(C)C1CCCO1. The lowest BCUT2D eigenvalue weighted by Crippen LogP contribution is -2.23. The van der Waals surface area contributed by atoms with E-state index in [-0.39, 0.29) is 12.1 Å². The molecule has 0 aromatic carbocycles. The predicted octanol–water partition coefficient (Wildman–Crippen LogP) is 2.56. The smallest absolute Gasteiger partial charge is 0.159 e. The van der Waals surface area contributed by atoms with Crippen LogP contribution in [0.1, 0.15) is 37.3 Å². The third-order valence-electron chi connectivity index (χ3n) is 3.94. The average Bonchev–Trinajstić information content (AvgIpc) is 3.08. The number of hydrogen-bond acceptors (Lipinski definition) is 3. The summed E-state index contributed by atoms with van der Waals surface area (Å²) in [6.45, 7) is 5.01. The van der Waals surface area contributed by atoms with Crippen molar-refractivity contribution in [3.8, 4) is 0 Å². The quantitative estimate of drug-likeness (QED) is 0.813. The monoisotopic (exact) mass is 282 g/mol. The molecule has 0 bridgehead atoms. The summed E-state index contributed by atoms with van der Waals surface area (Å²) in [5, 5.41) is 4.44. The number of ether oxygens (including phenoxy) is 1. The molecule has 1 fully saturated rings. The molecule has 5 nitrogen and oxygen atoms in total.